The summed E-state index contributed by atoms with van der Waals surface area (Å²) >= 11 is 5.97. The molecule has 1 nitrogen and oxygen atoms in total. The summed E-state index contributed by atoms with van der Waals surface area (Å²) in [6.45, 7) is 4.59. The molecule has 16 heavy (non-hydrogen) atoms. The van der Waals surface area contributed by atoms with Crippen molar-refractivity contribution in [3.63, 3.8) is 0 Å². The molecule has 1 aromatic carbocycles. The van der Waals surface area contributed by atoms with Crippen LogP contribution in [-0.2, 0) is 0 Å². The zero-order chi connectivity index (χ0) is 11.6. The number of halogens is 1. The Kier molecular flexibility index (Phi) is 7.07. The van der Waals surface area contributed by atoms with E-state index in [4.69, 9.17) is 16.3 Å². The van der Waals surface area contributed by atoms with Gasteiger partial charge in [0.1, 0.15) is 5.75 Å². The van der Waals surface area contributed by atoms with E-state index < -0.39 is 0 Å². The first-order valence-corrected chi connectivity index (χ1v) is 6.39. The van der Waals surface area contributed by atoms with E-state index in [0.29, 0.717) is 5.02 Å². The van der Waals surface area contributed by atoms with E-state index >= 15 is 0 Å². The maximum Gasteiger partial charge on any atom is 0.137 e. The molecular weight excluding hydrogens is 220 g/mol. The zero-order valence-electron chi connectivity index (χ0n) is 9.75. The average Bonchev–Trinajstić information content (AvgIpc) is 2.30. The highest BCUT2D eigenvalue weighted by Gasteiger charge is 1.98. The first kappa shape index (κ1) is 13.4. The van der Waals surface area contributed by atoms with Gasteiger partial charge in [-0.1, -0.05) is 62.8 Å². The van der Waals surface area contributed by atoms with Gasteiger partial charge in [-0.2, -0.15) is 0 Å². The van der Waals surface area contributed by atoms with E-state index in [2.05, 4.69) is 6.92 Å². The van der Waals surface area contributed by atoms with Crippen LogP contribution in [0.15, 0.2) is 24.3 Å². The number of rotatable bonds is 8. The minimum absolute atomic E-state index is 0.694. The van der Waals surface area contributed by atoms with Crippen LogP contribution in [-0.4, -0.2) is 6.61 Å². The molecule has 1 radical (unpaired) electrons. The van der Waals surface area contributed by atoms with Crippen LogP contribution < -0.4 is 4.74 Å². The third-order valence-corrected chi connectivity index (χ3v) is 2.80. The van der Waals surface area contributed by atoms with Gasteiger partial charge in [0.25, 0.3) is 0 Å². The first-order valence-electron chi connectivity index (χ1n) is 6.01. The second kappa shape index (κ2) is 8.46. The maximum atomic E-state index is 5.97. The van der Waals surface area contributed by atoms with Gasteiger partial charge in [0.2, 0.25) is 0 Å². The van der Waals surface area contributed by atoms with Gasteiger partial charge in [-0.15, -0.1) is 0 Å². The van der Waals surface area contributed by atoms with Gasteiger partial charge >= 0.3 is 0 Å². The fourth-order valence-corrected chi connectivity index (χ4v) is 1.74. The second-order valence-electron chi connectivity index (χ2n) is 3.90. The van der Waals surface area contributed by atoms with Gasteiger partial charge in [0, 0.05) is 0 Å². The Bertz CT molecular complexity index is 286. The minimum atomic E-state index is 0.694. The molecule has 0 bridgehead atoms. The number of hydrogen-bond donors (Lipinski definition) is 0. The van der Waals surface area contributed by atoms with Crippen molar-refractivity contribution in [2.75, 3.05) is 6.61 Å². The summed E-state index contributed by atoms with van der Waals surface area (Å²) < 4.78 is 5.60. The lowest BCUT2D eigenvalue weighted by Crippen LogP contribution is -1.97. The van der Waals surface area contributed by atoms with Crippen molar-refractivity contribution in [2.24, 2.45) is 0 Å². The molecule has 0 unspecified atom stereocenters. The van der Waals surface area contributed by atoms with E-state index in [-0.39, 0.29) is 0 Å². The summed E-state index contributed by atoms with van der Waals surface area (Å²) in [4.78, 5) is 0. The van der Waals surface area contributed by atoms with Crippen LogP contribution in [0.2, 0.25) is 5.02 Å². The molecule has 0 amide bonds. The Morgan fingerprint density at radius 2 is 1.69 bits per heavy atom. The van der Waals surface area contributed by atoms with Crippen LogP contribution in [0, 0.1) is 6.92 Å². The van der Waals surface area contributed by atoms with Gasteiger partial charge in [-0.3, -0.25) is 0 Å². The van der Waals surface area contributed by atoms with Gasteiger partial charge in [-0.05, 0) is 18.6 Å². The SMILES string of the molecule is [CH2]CCCCCCCOc1ccccc1Cl. The van der Waals surface area contributed by atoms with E-state index in [1.807, 2.05) is 24.3 Å². The van der Waals surface area contributed by atoms with Gasteiger partial charge in [0.15, 0.2) is 0 Å². The van der Waals surface area contributed by atoms with Crippen molar-refractivity contribution in [3.8, 4) is 5.75 Å². The van der Waals surface area contributed by atoms with Crippen LogP contribution >= 0.6 is 11.6 Å². The summed E-state index contributed by atoms with van der Waals surface area (Å²) in [5.74, 6) is 0.793. The molecule has 0 heterocycles. The van der Waals surface area contributed by atoms with E-state index in [9.17, 15) is 0 Å². The largest absolute Gasteiger partial charge is 0.492 e. The second-order valence-corrected chi connectivity index (χ2v) is 4.31. The molecule has 0 saturated heterocycles. The van der Waals surface area contributed by atoms with Crippen LogP contribution in [0.5, 0.6) is 5.75 Å². The molecule has 89 valence electrons. The van der Waals surface area contributed by atoms with Gasteiger partial charge in [0.05, 0.1) is 11.6 Å². The summed E-state index contributed by atoms with van der Waals surface area (Å²) in [6.07, 6.45) is 7.19. The fourth-order valence-electron chi connectivity index (χ4n) is 1.55. The average molecular weight is 240 g/mol. The molecule has 0 fully saturated rings. The van der Waals surface area contributed by atoms with Crippen molar-refractivity contribution < 1.29 is 4.74 Å². The minimum Gasteiger partial charge on any atom is -0.492 e. The molecule has 0 N–H and O–H groups in total. The van der Waals surface area contributed by atoms with Crippen molar-refractivity contribution in [1.82, 2.24) is 0 Å². The summed E-state index contributed by atoms with van der Waals surface area (Å²) in [5, 5.41) is 0.694. The Morgan fingerprint density at radius 3 is 2.44 bits per heavy atom. The Morgan fingerprint density at radius 1 is 1.00 bits per heavy atom. The topological polar surface area (TPSA) is 9.23 Å². The summed E-state index contributed by atoms with van der Waals surface area (Å²) in [7, 11) is 0. The molecular formula is C14H20ClO. The molecule has 0 aliphatic heterocycles. The molecule has 1 aromatic rings. The highest BCUT2D eigenvalue weighted by atomic mass is 35.5. The standard InChI is InChI=1S/C14H20ClO/c1-2-3-4-5-6-9-12-16-14-11-8-7-10-13(14)15/h7-8,10-11H,1-6,9,12H2. The lowest BCUT2D eigenvalue weighted by molar-refractivity contribution is 0.304. The van der Waals surface area contributed by atoms with E-state index in [1.54, 1.807) is 0 Å². The maximum absolute atomic E-state index is 5.97. The van der Waals surface area contributed by atoms with Gasteiger partial charge < -0.3 is 4.74 Å². The predicted octanol–water partition coefficient (Wildman–Crippen LogP) is 4.89. The van der Waals surface area contributed by atoms with E-state index in [1.165, 1.54) is 25.7 Å². The van der Waals surface area contributed by atoms with Crippen LogP contribution in [0.3, 0.4) is 0 Å². The van der Waals surface area contributed by atoms with Crippen molar-refractivity contribution >= 4 is 11.6 Å². The highest BCUT2D eigenvalue weighted by molar-refractivity contribution is 6.32. The van der Waals surface area contributed by atoms with E-state index in [0.717, 1.165) is 25.2 Å². The van der Waals surface area contributed by atoms with Crippen molar-refractivity contribution in [1.29, 1.82) is 0 Å². The number of benzene rings is 1. The van der Waals surface area contributed by atoms with Crippen LogP contribution in [0.4, 0.5) is 0 Å². The normalized spacial score (nSPS) is 10.4. The molecule has 0 aliphatic carbocycles. The van der Waals surface area contributed by atoms with Gasteiger partial charge in [-0.25, -0.2) is 0 Å². The number of hydrogen-bond acceptors (Lipinski definition) is 1. The summed E-state index contributed by atoms with van der Waals surface area (Å²) in [5.41, 5.74) is 0. The van der Waals surface area contributed by atoms with Crippen molar-refractivity contribution in [2.45, 2.75) is 38.5 Å². The monoisotopic (exact) mass is 239 g/mol. The molecule has 0 atom stereocenters. The Balaban J connectivity index is 2.05. The summed E-state index contributed by atoms with van der Waals surface area (Å²) in [6, 6.07) is 7.61. The highest BCUT2D eigenvalue weighted by Crippen LogP contribution is 2.23. The Labute approximate surface area is 104 Å². The first-order chi connectivity index (χ1) is 7.84. The third-order valence-electron chi connectivity index (χ3n) is 2.49. The molecule has 0 spiro atoms. The molecule has 0 aromatic heterocycles. The number of para-hydroxylation sites is 1. The quantitative estimate of drug-likeness (QED) is 0.587. The fraction of sp³-hybridized carbons (Fsp3) is 0.500. The number of ether oxygens (including phenoxy) is 1. The molecule has 1 rings (SSSR count). The molecule has 0 aliphatic rings. The molecule has 0 saturated carbocycles. The smallest absolute Gasteiger partial charge is 0.137 e. The molecule has 2 heteroatoms. The lowest BCUT2D eigenvalue weighted by atomic mass is 10.1. The number of unbranched alkanes of at least 4 members (excludes halogenated alkanes) is 5. The Hall–Kier alpha value is -0.690. The van der Waals surface area contributed by atoms with Crippen LogP contribution in [0.25, 0.3) is 0 Å². The van der Waals surface area contributed by atoms with Crippen molar-refractivity contribution in [3.05, 3.63) is 36.2 Å². The third kappa shape index (κ3) is 5.41. The lowest BCUT2D eigenvalue weighted by Gasteiger charge is -2.07. The van der Waals surface area contributed by atoms with Crippen LogP contribution in [0.1, 0.15) is 38.5 Å². The predicted molar refractivity (Wildman–Crippen MR) is 70.0 cm³/mol. The zero-order valence-corrected chi connectivity index (χ0v) is 10.5.